The van der Waals surface area contributed by atoms with Crippen LogP contribution in [0.4, 0.5) is 0 Å². The van der Waals surface area contributed by atoms with Crippen LogP contribution in [0.1, 0.15) is 33.6 Å². The first-order valence-corrected chi connectivity index (χ1v) is 6.40. The number of carbonyl (C=O) groups excluding carboxylic acids is 1. The van der Waals surface area contributed by atoms with E-state index in [2.05, 4.69) is 20.4 Å². The van der Waals surface area contributed by atoms with Crippen molar-refractivity contribution in [1.29, 1.82) is 0 Å². The lowest BCUT2D eigenvalue weighted by Gasteiger charge is -2.33. The van der Waals surface area contributed by atoms with Gasteiger partial charge in [0, 0.05) is 17.6 Å². The van der Waals surface area contributed by atoms with E-state index in [-0.39, 0.29) is 5.92 Å². The van der Waals surface area contributed by atoms with E-state index in [1.807, 2.05) is 18.7 Å². The molecule has 1 saturated carbocycles. The lowest BCUT2D eigenvalue weighted by Crippen LogP contribution is -2.33. The lowest BCUT2D eigenvalue weighted by molar-refractivity contribution is -0.124. The van der Waals surface area contributed by atoms with Crippen molar-refractivity contribution in [2.24, 2.45) is 11.8 Å². The smallest absolute Gasteiger partial charge is 0.137 e. The van der Waals surface area contributed by atoms with Crippen LogP contribution in [0.3, 0.4) is 0 Å². The number of Topliss-reactive ketones (excluding diaryl/α,β-unsaturated/α-hetero) is 1. The number of rotatable bonds is 3. The van der Waals surface area contributed by atoms with Gasteiger partial charge >= 0.3 is 0 Å². The van der Waals surface area contributed by atoms with E-state index in [4.69, 9.17) is 0 Å². The second-order valence-corrected chi connectivity index (χ2v) is 5.75. The number of thioether (sulfide) groups is 1. The van der Waals surface area contributed by atoms with Crippen LogP contribution < -0.4 is 0 Å². The molecule has 80 valence electrons. The van der Waals surface area contributed by atoms with Crippen molar-refractivity contribution in [3.05, 3.63) is 12.2 Å². The first-order valence-electron chi connectivity index (χ1n) is 5.36. The molecule has 3 atom stereocenters. The summed E-state index contributed by atoms with van der Waals surface area (Å²) < 4.78 is 0. The van der Waals surface area contributed by atoms with Gasteiger partial charge in [-0.15, -0.1) is 0 Å². The molecule has 2 heteroatoms. The van der Waals surface area contributed by atoms with Crippen molar-refractivity contribution in [3.63, 3.8) is 0 Å². The third kappa shape index (κ3) is 2.63. The fourth-order valence-corrected chi connectivity index (χ4v) is 3.24. The monoisotopic (exact) mass is 212 g/mol. The van der Waals surface area contributed by atoms with Gasteiger partial charge in [0.25, 0.3) is 0 Å². The largest absolute Gasteiger partial charge is 0.299 e. The van der Waals surface area contributed by atoms with Gasteiger partial charge in [-0.1, -0.05) is 26.0 Å². The molecule has 0 saturated heterocycles. The predicted molar refractivity (Wildman–Crippen MR) is 63.6 cm³/mol. The number of allylic oxidation sites excluding steroid dienone is 1. The van der Waals surface area contributed by atoms with Crippen molar-refractivity contribution in [2.75, 3.05) is 5.75 Å². The van der Waals surface area contributed by atoms with E-state index in [1.54, 1.807) is 0 Å². The second kappa shape index (κ2) is 5.01. The van der Waals surface area contributed by atoms with Gasteiger partial charge in [-0.2, -0.15) is 11.8 Å². The van der Waals surface area contributed by atoms with Crippen molar-refractivity contribution < 1.29 is 4.79 Å². The Bertz CT molecular complexity index is 234. The van der Waals surface area contributed by atoms with Crippen LogP contribution >= 0.6 is 11.8 Å². The molecular weight excluding hydrogens is 192 g/mol. The average molecular weight is 212 g/mol. The molecule has 1 nitrogen and oxygen atoms in total. The van der Waals surface area contributed by atoms with Gasteiger partial charge in [0.2, 0.25) is 0 Å². The Balaban J connectivity index is 2.66. The van der Waals surface area contributed by atoms with Crippen molar-refractivity contribution >= 4 is 17.5 Å². The van der Waals surface area contributed by atoms with E-state index < -0.39 is 0 Å². The zero-order valence-corrected chi connectivity index (χ0v) is 10.2. The Morgan fingerprint density at radius 1 is 1.64 bits per heavy atom. The predicted octanol–water partition coefficient (Wildman–Crippen LogP) is 3.30. The molecule has 0 N–H and O–H groups in total. The minimum absolute atomic E-state index is 0.246. The first kappa shape index (κ1) is 11.8. The van der Waals surface area contributed by atoms with Gasteiger partial charge in [0.05, 0.1) is 0 Å². The molecule has 14 heavy (non-hydrogen) atoms. The summed E-state index contributed by atoms with van der Waals surface area (Å²) in [7, 11) is 0. The maximum absolute atomic E-state index is 11.7. The standard InChI is InChI=1S/C12H20OS/c1-5-14-12-7-10(8(2)3)6-11(13)9(12)4/h9-10,12H,2,5-7H2,1,3-4H3/t9?,10-,12?/m0/s1. The Labute approximate surface area is 91.3 Å². The van der Waals surface area contributed by atoms with Gasteiger partial charge in [-0.05, 0) is 25.0 Å². The molecule has 0 aromatic heterocycles. The molecule has 0 aromatic carbocycles. The second-order valence-electron chi connectivity index (χ2n) is 4.23. The van der Waals surface area contributed by atoms with Gasteiger partial charge < -0.3 is 0 Å². The van der Waals surface area contributed by atoms with Gasteiger partial charge in [0.15, 0.2) is 0 Å². The fraction of sp³-hybridized carbons (Fsp3) is 0.750. The van der Waals surface area contributed by atoms with Crippen LogP contribution in [0.15, 0.2) is 12.2 Å². The van der Waals surface area contributed by atoms with Crippen LogP contribution in [0, 0.1) is 11.8 Å². The molecule has 0 spiro atoms. The highest BCUT2D eigenvalue weighted by Crippen LogP contribution is 2.36. The normalized spacial score (nSPS) is 33.1. The summed E-state index contributed by atoms with van der Waals surface area (Å²) >= 11 is 1.92. The fourth-order valence-electron chi connectivity index (χ4n) is 2.01. The molecule has 1 rings (SSSR count). The maximum Gasteiger partial charge on any atom is 0.137 e. The Kier molecular flexibility index (Phi) is 4.24. The summed E-state index contributed by atoms with van der Waals surface area (Å²) in [6.45, 7) is 10.2. The summed E-state index contributed by atoms with van der Waals surface area (Å²) in [4.78, 5) is 11.7. The van der Waals surface area contributed by atoms with E-state index in [0.29, 0.717) is 17.0 Å². The summed E-state index contributed by atoms with van der Waals surface area (Å²) in [5, 5.41) is 0.517. The Morgan fingerprint density at radius 3 is 2.79 bits per heavy atom. The molecule has 0 aliphatic heterocycles. The maximum atomic E-state index is 11.7. The highest BCUT2D eigenvalue weighted by atomic mass is 32.2. The van der Waals surface area contributed by atoms with Gasteiger partial charge in [-0.3, -0.25) is 4.79 Å². The quantitative estimate of drug-likeness (QED) is 0.668. The molecule has 0 bridgehead atoms. The van der Waals surface area contributed by atoms with E-state index in [9.17, 15) is 4.79 Å². The zero-order valence-electron chi connectivity index (χ0n) is 9.38. The topological polar surface area (TPSA) is 17.1 Å². The molecule has 0 aromatic rings. The first-order chi connectivity index (χ1) is 6.56. The summed E-state index contributed by atoms with van der Waals surface area (Å²) in [6, 6.07) is 0. The lowest BCUT2D eigenvalue weighted by atomic mass is 9.79. The van der Waals surface area contributed by atoms with Crippen molar-refractivity contribution in [3.8, 4) is 0 Å². The molecular formula is C12H20OS. The number of ketones is 1. The zero-order chi connectivity index (χ0) is 10.7. The Hall–Kier alpha value is -0.240. The summed E-state index contributed by atoms with van der Waals surface area (Å²) in [6.07, 6.45) is 1.86. The summed E-state index contributed by atoms with van der Waals surface area (Å²) in [5.74, 6) is 2.21. The number of hydrogen-bond acceptors (Lipinski definition) is 2. The molecule has 1 aliphatic carbocycles. The molecule has 0 heterocycles. The highest BCUT2D eigenvalue weighted by Gasteiger charge is 2.33. The van der Waals surface area contributed by atoms with Crippen molar-refractivity contribution in [2.45, 2.75) is 38.9 Å². The molecule has 2 unspecified atom stereocenters. The third-order valence-corrected chi connectivity index (χ3v) is 4.47. The number of carbonyl (C=O) groups is 1. The molecule has 1 fully saturated rings. The van der Waals surface area contributed by atoms with Crippen LogP contribution in [-0.2, 0) is 4.79 Å². The SMILES string of the molecule is C=C(C)[C@H]1CC(=O)C(C)C(SCC)C1. The van der Waals surface area contributed by atoms with E-state index in [1.165, 1.54) is 5.57 Å². The summed E-state index contributed by atoms with van der Waals surface area (Å²) in [5.41, 5.74) is 1.17. The molecule has 0 radical (unpaired) electrons. The third-order valence-electron chi connectivity index (χ3n) is 3.11. The Morgan fingerprint density at radius 2 is 2.29 bits per heavy atom. The molecule has 1 aliphatic rings. The van der Waals surface area contributed by atoms with Crippen LogP contribution in [0.5, 0.6) is 0 Å². The van der Waals surface area contributed by atoms with Gasteiger partial charge in [-0.25, -0.2) is 0 Å². The van der Waals surface area contributed by atoms with Crippen LogP contribution in [0.25, 0.3) is 0 Å². The van der Waals surface area contributed by atoms with Crippen LogP contribution in [-0.4, -0.2) is 16.8 Å². The highest BCUT2D eigenvalue weighted by molar-refractivity contribution is 7.99. The molecule has 0 amide bonds. The van der Waals surface area contributed by atoms with Crippen LogP contribution in [0.2, 0.25) is 0 Å². The van der Waals surface area contributed by atoms with E-state index >= 15 is 0 Å². The minimum Gasteiger partial charge on any atom is -0.299 e. The van der Waals surface area contributed by atoms with Crippen molar-refractivity contribution in [1.82, 2.24) is 0 Å². The van der Waals surface area contributed by atoms with Gasteiger partial charge in [0.1, 0.15) is 5.78 Å². The number of hydrogen-bond donors (Lipinski definition) is 0. The minimum atomic E-state index is 0.246. The van der Waals surface area contributed by atoms with E-state index in [0.717, 1.165) is 18.6 Å². The average Bonchev–Trinajstić information content (AvgIpc) is 2.12.